The maximum atomic E-state index is 12.0. The minimum Gasteiger partial charge on any atom is -0.353 e. The van der Waals surface area contributed by atoms with Gasteiger partial charge in [-0.2, -0.15) is 5.10 Å². The third-order valence-corrected chi connectivity index (χ3v) is 7.18. The monoisotopic (exact) mass is 492 g/mol. The minimum atomic E-state index is -0.00518. The smallest absolute Gasteiger partial charge is 0.224 e. The zero-order chi connectivity index (χ0) is 24.6. The van der Waals surface area contributed by atoms with Crippen molar-refractivity contribution in [2.45, 2.75) is 26.7 Å². The highest BCUT2D eigenvalue weighted by Crippen LogP contribution is 2.36. The van der Waals surface area contributed by atoms with Crippen molar-refractivity contribution in [2.24, 2.45) is 0 Å². The molecule has 0 aliphatic heterocycles. The van der Waals surface area contributed by atoms with E-state index < -0.39 is 0 Å². The van der Waals surface area contributed by atoms with Crippen LogP contribution in [0.5, 0.6) is 0 Å². The first-order valence-electron chi connectivity index (χ1n) is 11.9. The number of nitrogens with one attached hydrogen (secondary N) is 3. The van der Waals surface area contributed by atoms with E-state index in [1.54, 1.807) is 23.7 Å². The van der Waals surface area contributed by atoms with E-state index in [0.29, 0.717) is 12.1 Å². The number of rotatable bonds is 6. The fourth-order valence-corrected chi connectivity index (χ4v) is 5.33. The maximum Gasteiger partial charge on any atom is 0.224 e. The van der Waals surface area contributed by atoms with Crippen LogP contribution < -0.4 is 5.32 Å². The van der Waals surface area contributed by atoms with Crippen LogP contribution in [0.1, 0.15) is 24.6 Å². The fraction of sp³-hybridized carbons (Fsp3) is 0.143. The standard InChI is InChI=1S/C28H24N6OS/c1-3-4-26(35)31-19-11-18(14-29-15-19)17-6-7-23-20(12-17)27(34-33-23)24-13-21-22(32-24)9-10-30-28(21)25-8-5-16(2)36-25/h5-15,32H,3-4H2,1-2H3,(H,31,35)(H,33,34). The number of hydrogen-bond donors (Lipinski definition) is 3. The van der Waals surface area contributed by atoms with Crippen LogP contribution in [-0.4, -0.2) is 31.1 Å². The molecule has 178 valence electrons. The molecule has 0 aliphatic rings. The number of H-pyrrole nitrogens is 2. The Hall–Kier alpha value is -4.30. The third kappa shape index (κ3) is 4.05. The zero-order valence-electron chi connectivity index (χ0n) is 19.9. The van der Waals surface area contributed by atoms with Gasteiger partial charge in [-0.3, -0.25) is 19.9 Å². The summed E-state index contributed by atoms with van der Waals surface area (Å²) in [6.45, 7) is 4.09. The number of aromatic nitrogens is 5. The number of thiophene rings is 1. The summed E-state index contributed by atoms with van der Waals surface area (Å²) in [6, 6.07) is 16.5. The average Bonchev–Trinajstić information content (AvgIpc) is 3.61. The molecular weight excluding hydrogens is 468 g/mol. The molecule has 6 rings (SSSR count). The van der Waals surface area contributed by atoms with Gasteiger partial charge in [-0.1, -0.05) is 13.0 Å². The van der Waals surface area contributed by atoms with Crippen LogP contribution in [0, 0.1) is 6.92 Å². The lowest BCUT2D eigenvalue weighted by atomic mass is 10.0. The van der Waals surface area contributed by atoms with Gasteiger partial charge in [-0.15, -0.1) is 11.3 Å². The number of hydrogen-bond acceptors (Lipinski definition) is 5. The molecule has 6 aromatic rings. The Labute approximate surface area is 211 Å². The number of aromatic amines is 2. The van der Waals surface area contributed by atoms with Gasteiger partial charge in [-0.25, -0.2) is 0 Å². The van der Waals surface area contributed by atoms with Gasteiger partial charge in [0, 0.05) is 45.5 Å². The fourth-order valence-electron chi connectivity index (χ4n) is 4.46. The van der Waals surface area contributed by atoms with E-state index in [2.05, 4.69) is 61.7 Å². The molecule has 5 heterocycles. The van der Waals surface area contributed by atoms with Gasteiger partial charge in [0.15, 0.2) is 0 Å². The Morgan fingerprint density at radius 2 is 1.86 bits per heavy atom. The van der Waals surface area contributed by atoms with Crippen molar-refractivity contribution in [1.82, 2.24) is 25.1 Å². The summed E-state index contributed by atoms with van der Waals surface area (Å²) in [5.41, 5.74) is 7.32. The van der Waals surface area contributed by atoms with Crippen molar-refractivity contribution in [3.8, 4) is 33.1 Å². The number of amides is 1. The molecule has 7 nitrogen and oxygen atoms in total. The molecule has 0 unspecified atom stereocenters. The van der Waals surface area contributed by atoms with Gasteiger partial charge in [0.05, 0.1) is 33.7 Å². The lowest BCUT2D eigenvalue weighted by molar-refractivity contribution is -0.116. The molecule has 0 aliphatic carbocycles. The van der Waals surface area contributed by atoms with Gasteiger partial charge in [-0.05, 0) is 61.4 Å². The molecule has 0 saturated carbocycles. The molecule has 0 radical (unpaired) electrons. The van der Waals surface area contributed by atoms with Crippen LogP contribution in [0.2, 0.25) is 0 Å². The van der Waals surface area contributed by atoms with Gasteiger partial charge < -0.3 is 10.3 Å². The average molecular weight is 493 g/mol. The van der Waals surface area contributed by atoms with Crippen molar-refractivity contribution in [3.63, 3.8) is 0 Å². The zero-order valence-corrected chi connectivity index (χ0v) is 20.7. The van der Waals surface area contributed by atoms with Crippen LogP contribution in [0.4, 0.5) is 5.69 Å². The topological polar surface area (TPSA) is 99.3 Å². The van der Waals surface area contributed by atoms with Gasteiger partial charge in [0.1, 0.15) is 5.69 Å². The maximum absolute atomic E-state index is 12.0. The van der Waals surface area contributed by atoms with Crippen LogP contribution in [-0.2, 0) is 4.79 Å². The first-order chi connectivity index (χ1) is 17.6. The predicted octanol–water partition coefficient (Wildman–Crippen LogP) is 6.94. The highest BCUT2D eigenvalue weighted by atomic mass is 32.1. The summed E-state index contributed by atoms with van der Waals surface area (Å²) >= 11 is 1.74. The molecule has 0 saturated heterocycles. The number of nitrogens with zero attached hydrogens (tertiary/aromatic N) is 3. The summed E-state index contributed by atoms with van der Waals surface area (Å²) in [6.07, 6.45) is 6.61. The highest BCUT2D eigenvalue weighted by molar-refractivity contribution is 7.15. The Morgan fingerprint density at radius 1 is 0.972 bits per heavy atom. The second-order valence-corrected chi connectivity index (χ2v) is 10.1. The molecule has 8 heteroatoms. The van der Waals surface area contributed by atoms with Crippen molar-refractivity contribution in [3.05, 3.63) is 72.0 Å². The Morgan fingerprint density at radius 3 is 2.69 bits per heavy atom. The minimum absolute atomic E-state index is 0.00518. The lowest BCUT2D eigenvalue weighted by Crippen LogP contribution is -2.10. The van der Waals surface area contributed by atoms with Crippen LogP contribution in [0.15, 0.2) is 67.1 Å². The predicted molar refractivity (Wildman–Crippen MR) is 146 cm³/mol. The van der Waals surface area contributed by atoms with E-state index in [0.717, 1.165) is 61.3 Å². The molecule has 36 heavy (non-hydrogen) atoms. The number of fused-ring (bicyclic) bond motifs is 2. The Bertz CT molecular complexity index is 1730. The van der Waals surface area contributed by atoms with Gasteiger partial charge in [0.25, 0.3) is 0 Å². The molecule has 3 N–H and O–H groups in total. The first-order valence-corrected chi connectivity index (χ1v) is 12.7. The van der Waals surface area contributed by atoms with Gasteiger partial charge in [0.2, 0.25) is 5.91 Å². The molecule has 5 aromatic heterocycles. The SMILES string of the molecule is CCCC(=O)Nc1cncc(-c2ccc3[nH]nc(-c4cc5c(-c6ccc(C)s6)nccc5[nH]4)c3c2)c1. The Kier molecular flexibility index (Phi) is 5.58. The van der Waals surface area contributed by atoms with E-state index in [1.807, 2.05) is 37.4 Å². The van der Waals surface area contributed by atoms with E-state index in [1.165, 1.54) is 4.88 Å². The van der Waals surface area contributed by atoms with E-state index in [9.17, 15) is 4.79 Å². The third-order valence-electron chi connectivity index (χ3n) is 6.17. The molecule has 0 spiro atoms. The number of carbonyl (C=O) groups is 1. The van der Waals surface area contributed by atoms with Crippen LogP contribution >= 0.6 is 11.3 Å². The van der Waals surface area contributed by atoms with Crippen LogP contribution in [0.25, 0.3) is 54.9 Å². The number of carbonyl (C=O) groups excluding carboxylic acids is 1. The summed E-state index contributed by atoms with van der Waals surface area (Å²) in [7, 11) is 0. The molecule has 0 bridgehead atoms. The number of benzene rings is 1. The van der Waals surface area contributed by atoms with E-state index in [-0.39, 0.29) is 5.91 Å². The quantitative estimate of drug-likeness (QED) is 0.234. The lowest BCUT2D eigenvalue weighted by Gasteiger charge is -2.07. The summed E-state index contributed by atoms with van der Waals surface area (Å²) < 4.78 is 0. The number of pyridine rings is 2. The van der Waals surface area contributed by atoms with E-state index >= 15 is 0 Å². The second-order valence-electron chi connectivity index (χ2n) is 8.81. The van der Waals surface area contributed by atoms with Gasteiger partial charge >= 0.3 is 0 Å². The van der Waals surface area contributed by atoms with E-state index in [4.69, 9.17) is 0 Å². The normalized spacial score (nSPS) is 11.4. The Balaban J connectivity index is 1.40. The highest BCUT2D eigenvalue weighted by Gasteiger charge is 2.16. The largest absolute Gasteiger partial charge is 0.353 e. The molecule has 1 amide bonds. The summed E-state index contributed by atoms with van der Waals surface area (Å²) in [5.74, 6) is -0.00518. The van der Waals surface area contributed by atoms with Crippen molar-refractivity contribution in [2.75, 3.05) is 5.32 Å². The van der Waals surface area contributed by atoms with Crippen molar-refractivity contribution in [1.29, 1.82) is 0 Å². The van der Waals surface area contributed by atoms with Crippen molar-refractivity contribution < 1.29 is 4.79 Å². The van der Waals surface area contributed by atoms with Crippen molar-refractivity contribution >= 4 is 44.7 Å². The summed E-state index contributed by atoms with van der Waals surface area (Å²) in [5, 5.41) is 12.8. The molecular formula is C28H24N6OS. The number of anilines is 1. The summed E-state index contributed by atoms with van der Waals surface area (Å²) in [4.78, 5) is 27.0. The second kappa shape index (κ2) is 9.05. The van der Waals surface area contributed by atoms with Crippen LogP contribution in [0.3, 0.4) is 0 Å². The molecule has 1 aromatic carbocycles. The molecule has 0 fully saturated rings. The number of aryl methyl sites for hydroxylation is 1. The first kappa shape index (κ1) is 22.2. The molecule has 0 atom stereocenters.